The van der Waals surface area contributed by atoms with Gasteiger partial charge in [0.1, 0.15) is 10.8 Å². The highest BCUT2D eigenvalue weighted by molar-refractivity contribution is 9.10. The first-order valence-electron chi connectivity index (χ1n) is 9.44. The predicted octanol–water partition coefficient (Wildman–Crippen LogP) is 3.11. The number of amidine groups is 1. The molecule has 2 aromatic carbocycles. The fraction of sp³-hybridized carbons (Fsp3) is 0.190. The highest BCUT2D eigenvalue weighted by Gasteiger charge is 2.32. The van der Waals surface area contributed by atoms with E-state index in [1.165, 1.54) is 26.5 Å². The summed E-state index contributed by atoms with van der Waals surface area (Å²) in [6.45, 7) is 0. The van der Waals surface area contributed by atoms with Crippen molar-refractivity contribution in [2.24, 2.45) is 10.2 Å². The molecule has 1 fully saturated rings. The molecule has 2 aromatic rings. The topological polar surface area (TPSA) is 139 Å². The van der Waals surface area contributed by atoms with E-state index in [-0.39, 0.29) is 46.0 Å². The van der Waals surface area contributed by atoms with Crippen molar-refractivity contribution in [2.45, 2.75) is 11.7 Å². The van der Waals surface area contributed by atoms with Gasteiger partial charge in [-0.3, -0.25) is 9.59 Å². The average molecular weight is 535 g/mol. The summed E-state index contributed by atoms with van der Waals surface area (Å²) in [7, 11) is 2.74. The number of carboxylic acid groups (broad SMARTS) is 1. The van der Waals surface area contributed by atoms with Crippen molar-refractivity contribution in [3.63, 3.8) is 0 Å². The number of aromatic carboxylic acids is 1. The largest absolute Gasteiger partial charge is 0.493 e. The molecule has 1 saturated heterocycles. The lowest BCUT2D eigenvalue weighted by molar-refractivity contribution is -0.122. The molecule has 0 bridgehead atoms. The summed E-state index contributed by atoms with van der Waals surface area (Å²) < 4.78 is 11.2. The second kappa shape index (κ2) is 11.0. The third kappa shape index (κ3) is 6.11. The molecular weight excluding hydrogens is 516 g/mol. The summed E-state index contributed by atoms with van der Waals surface area (Å²) in [5, 5.41) is 22.2. The van der Waals surface area contributed by atoms with Crippen molar-refractivity contribution in [3.8, 4) is 11.5 Å². The van der Waals surface area contributed by atoms with Gasteiger partial charge in [0, 0.05) is 22.1 Å². The first-order valence-corrected chi connectivity index (χ1v) is 11.1. The van der Waals surface area contributed by atoms with Crippen molar-refractivity contribution in [1.82, 2.24) is 5.32 Å². The Balaban J connectivity index is 1.67. The fourth-order valence-electron chi connectivity index (χ4n) is 2.91. The number of halogens is 1. The molecule has 0 radical (unpaired) electrons. The summed E-state index contributed by atoms with van der Waals surface area (Å²) in [6, 6.07) is 10.1. The normalized spacial score (nSPS) is 16.6. The second-order valence-electron chi connectivity index (χ2n) is 6.58. The van der Waals surface area contributed by atoms with Gasteiger partial charge in [0.15, 0.2) is 16.7 Å². The Labute approximate surface area is 201 Å². The van der Waals surface area contributed by atoms with E-state index in [2.05, 4.69) is 36.8 Å². The molecule has 1 unspecified atom stereocenters. The number of anilines is 1. The Morgan fingerprint density at radius 3 is 2.58 bits per heavy atom. The summed E-state index contributed by atoms with van der Waals surface area (Å²) in [5.74, 6) is -1.58. The quantitative estimate of drug-likeness (QED) is 0.349. The van der Waals surface area contributed by atoms with Crippen LogP contribution in [0.4, 0.5) is 5.69 Å². The van der Waals surface area contributed by atoms with E-state index in [9.17, 15) is 19.5 Å². The van der Waals surface area contributed by atoms with Gasteiger partial charge in [0.2, 0.25) is 11.8 Å². The standard InChI is InChI=1S/C21H19BrN4O6S/c1-31-14-8-3-11(17(20(29)30)18(14)32-2)10-23-26-21-25-19(28)15(33-21)9-16(27)24-13-6-4-12(22)5-7-13/h3-8,10,15H,9H2,1-2H3,(H,24,27)(H,29,30)(H,25,26,28). The van der Waals surface area contributed by atoms with E-state index in [0.717, 1.165) is 16.2 Å². The number of carbonyl (C=O) groups is 3. The minimum absolute atomic E-state index is 0.0475. The van der Waals surface area contributed by atoms with E-state index in [4.69, 9.17) is 9.47 Å². The summed E-state index contributed by atoms with van der Waals surface area (Å²) in [5.41, 5.74) is 0.727. The van der Waals surface area contributed by atoms with Crippen LogP contribution in [0.2, 0.25) is 0 Å². The van der Waals surface area contributed by atoms with Crippen LogP contribution in [-0.4, -0.2) is 53.7 Å². The lowest BCUT2D eigenvalue weighted by Gasteiger charge is -2.11. The Bertz CT molecular complexity index is 1140. The van der Waals surface area contributed by atoms with Gasteiger partial charge >= 0.3 is 5.97 Å². The zero-order valence-electron chi connectivity index (χ0n) is 17.5. The van der Waals surface area contributed by atoms with Gasteiger partial charge in [-0.25, -0.2) is 4.79 Å². The van der Waals surface area contributed by atoms with Crippen LogP contribution in [0.25, 0.3) is 0 Å². The number of carboxylic acids is 1. The summed E-state index contributed by atoms with van der Waals surface area (Å²) >= 11 is 4.39. The molecule has 12 heteroatoms. The summed E-state index contributed by atoms with van der Waals surface area (Å²) in [4.78, 5) is 36.1. The average Bonchev–Trinajstić information content (AvgIpc) is 3.13. The van der Waals surface area contributed by atoms with Crippen LogP contribution in [0.15, 0.2) is 51.1 Å². The van der Waals surface area contributed by atoms with Gasteiger partial charge in [-0.05, 0) is 36.4 Å². The number of ether oxygens (including phenoxy) is 2. The minimum atomic E-state index is -1.22. The monoisotopic (exact) mass is 534 g/mol. The van der Waals surface area contributed by atoms with Crippen LogP contribution in [-0.2, 0) is 9.59 Å². The van der Waals surface area contributed by atoms with E-state index >= 15 is 0 Å². The molecule has 2 amide bonds. The number of nitrogens with one attached hydrogen (secondary N) is 2. The molecule has 0 aromatic heterocycles. The molecule has 1 aliphatic rings. The number of hydrogen-bond donors (Lipinski definition) is 3. The molecule has 33 heavy (non-hydrogen) atoms. The van der Waals surface area contributed by atoms with Gasteiger partial charge in [-0.15, -0.1) is 5.10 Å². The maximum absolute atomic E-state index is 12.3. The fourth-order valence-corrected chi connectivity index (χ4v) is 4.10. The molecule has 10 nitrogen and oxygen atoms in total. The molecule has 1 atom stereocenters. The Morgan fingerprint density at radius 2 is 1.94 bits per heavy atom. The first-order chi connectivity index (χ1) is 15.8. The number of rotatable bonds is 8. The third-order valence-corrected chi connectivity index (χ3v) is 6.01. The third-order valence-electron chi connectivity index (χ3n) is 4.41. The number of amides is 2. The number of nitrogens with zero attached hydrogens (tertiary/aromatic N) is 2. The van der Waals surface area contributed by atoms with Crippen molar-refractivity contribution in [1.29, 1.82) is 0 Å². The Morgan fingerprint density at radius 1 is 1.21 bits per heavy atom. The van der Waals surface area contributed by atoms with Crippen molar-refractivity contribution < 1.29 is 29.0 Å². The number of thioether (sulfide) groups is 1. The van der Waals surface area contributed by atoms with Crippen LogP contribution in [0.1, 0.15) is 22.3 Å². The molecular formula is C21H19BrN4O6S. The number of carbonyl (C=O) groups excluding carboxylic acids is 2. The van der Waals surface area contributed by atoms with Gasteiger partial charge in [0.05, 0.1) is 20.4 Å². The Hall–Kier alpha value is -3.38. The van der Waals surface area contributed by atoms with Crippen LogP contribution in [0.5, 0.6) is 11.5 Å². The van der Waals surface area contributed by atoms with Crippen LogP contribution < -0.4 is 20.1 Å². The number of hydrogen-bond acceptors (Lipinski definition) is 8. The molecule has 0 aliphatic carbocycles. The molecule has 1 aliphatic heterocycles. The molecule has 0 spiro atoms. The number of benzene rings is 2. The van der Waals surface area contributed by atoms with Crippen molar-refractivity contribution in [2.75, 3.05) is 19.5 Å². The lowest BCUT2D eigenvalue weighted by atomic mass is 10.1. The van der Waals surface area contributed by atoms with Gasteiger partial charge in [-0.1, -0.05) is 27.7 Å². The second-order valence-corrected chi connectivity index (χ2v) is 8.68. The predicted molar refractivity (Wildman–Crippen MR) is 128 cm³/mol. The van der Waals surface area contributed by atoms with Gasteiger partial charge < -0.3 is 25.2 Å². The Kier molecular flexibility index (Phi) is 8.06. The molecule has 0 saturated carbocycles. The first kappa shape index (κ1) is 24.3. The maximum atomic E-state index is 12.3. The van der Waals surface area contributed by atoms with E-state index in [1.807, 2.05) is 0 Å². The molecule has 3 N–H and O–H groups in total. The lowest BCUT2D eigenvalue weighted by Crippen LogP contribution is -2.28. The molecule has 1 heterocycles. The van der Waals surface area contributed by atoms with Crippen LogP contribution in [0, 0.1) is 0 Å². The van der Waals surface area contributed by atoms with Crippen molar-refractivity contribution >= 4 is 62.5 Å². The number of methoxy groups -OCH3 is 2. The SMILES string of the molecule is COc1ccc(C=N/N=C2/NC(=O)C(CC(=O)Nc3ccc(Br)cc3)S2)c(C(=O)O)c1OC. The van der Waals surface area contributed by atoms with Crippen LogP contribution >= 0.6 is 27.7 Å². The van der Waals surface area contributed by atoms with Crippen LogP contribution in [0.3, 0.4) is 0 Å². The highest BCUT2D eigenvalue weighted by Crippen LogP contribution is 2.33. The summed E-state index contributed by atoms with van der Waals surface area (Å²) in [6.07, 6.45) is 1.19. The van der Waals surface area contributed by atoms with Crippen molar-refractivity contribution in [3.05, 3.63) is 52.0 Å². The molecule has 3 rings (SSSR count). The van der Waals surface area contributed by atoms with E-state index in [1.54, 1.807) is 30.3 Å². The maximum Gasteiger partial charge on any atom is 0.340 e. The molecule has 172 valence electrons. The van der Waals surface area contributed by atoms with E-state index in [0.29, 0.717) is 5.69 Å². The zero-order valence-corrected chi connectivity index (χ0v) is 19.9. The van der Waals surface area contributed by atoms with E-state index < -0.39 is 11.2 Å². The minimum Gasteiger partial charge on any atom is -0.493 e. The highest BCUT2D eigenvalue weighted by atomic mass is 79.9. The van der Waals surface area contributed by atoms with Gasteiger partial charge in [0.25, 0.3) is 0 Å². The van der Waals surface area contributed by atoms with Gasteiger partial charge in [-0.2, -0.15) is 5.10 Å². The zero-order chi connectivity index (χ0) is 24.0. The smallest absolute Gasteiger partial charge is 0.340 e.